The fourth-order valence-electron chi connectivity index (χ4n) is 11.3. The van der Waals surface area contributed by atoms with E-state index in [1.807, 2.05) is 0 Å². The van der Waals surface area contributed by atoms with Crippen molar-refractivity contribution in [3.8, 4) is 0 Å². The van der Waals surface area contributed by atoms with E-state index in [1.165, 1.54) is 193 Å². The predicted octanol–water partition coefficient (Wildman–Crippen LogP) is 21.6. The van der Waals surface area contributed by atoms with E-state index in [2.05, 4.69) is 41.5 Å². The number of carbonyl (C=O) groups excluding carboxylic acids is 4. The second-order valence-corrected chi connectivity index (χ2v) is 30.5. The Hall–Kier alpha value is -1.94. The van der Waals surface area contributed by atoms with Gasteiger partial charge in [-0.2, -0.15) is 0 Å². The molecule has 0 heterocycles. The number of hydrogen-bond donors (Lipinski definition) is 3. The van der Waals surface area contributed by atoms with Crippen molar-refractivity contribution in [2.75, 3.05) is 39.6 Å². The molecule has 0 saturated carbocycles. The highest BCUT2D eigenvalue weighted by Gasteiger charge is 2.30. The molecule has 0 aromatic carbocycles. The molecule has 3 N–H and O–H groups in total. The van der Waals surface area contributed by atoms with Gasteiger partial charge in [-0.3, -0.25) is 37.3 Å². The molecule has 19 heteroatoms. The molecule has 0 bridgehead atoms. The highest BCUT2D eigenvalue weighted by atomic mass is 31.2. The van der Waals surface area contributed by atoms with Crippen molar-refractivity contribution in [3.05, 3.63) is 0 Å². The highest BCUT2D eigenvalue weighted by Crippen LogP contribution is 2.45. The van der Waals surface area contributed by atoms with Crippen molar-refractivity contribution in [3.63, 3.8) is 0 Å². The van der Waals surface area contributed by atoms with Crippen LogP contribution in [-0.4, -0.2) is 96.7 Å². The number of carbonyl (C=O) groups is 4. The lowest BCUT2D eigenvalue weighted by atomic mass is 10.0. The van der Waals surface area contributed by atoms with Crippen molar-refractivity contribution >= 4 is 39.5 Å². The number of unbranched alkanes of at least 4 members (excludes halogenated alkanes) is 43. The van der Waals surface area contributed by atoms with Gasteiger partial charge in [0.1, 0.15) is 19.3 Å². The highest BCUT2D eigenvalue weighted by molar-refractivity contribution is 7.47. The van der Waals surface area contributed by atoms with E-state index in [0.29, 0.717) is 31.6 Å². The van der Waals surface area contributed by atoms with Crippen LogP contribution in [0.1, 0.15) is 382 Å². The summed E-state index contributed by atoms with van der Waals surface area (Å²) in [4.78, 5) is 72.6. The van der Waals surface area contributed by atoms with E-state index >= 15 is 0 Å². The predicted molar refractivity (Wildman–Crippen MR) is 377 cm³/mol. The Kier molecular flexibility index (Phi) is 64.6. The zero-order chi connectivity index (χ0) is 68.6. The lowest BCUT2D eigenvalue weighted by Crippen LogP contribution is -2.30. The smallest absolute Gasteiger partial charge is 0.462 e. The Morgan fingerprint density at radius 1 is 0.290 bits per heavy atom. The monoisotopic (exact) mass is 1370 g/mol. The molecule has 17 nitrogen and oxygen atoms in total. The number of phosphoric acid groups is 2. The van der Waals surface area contributed by atoms with Gasteiger partial charge in [0.25, 0.3) is 0 Å². The standard InChI is InChI=1S/C74H144O17P2/c1-7-9-11-13-15-17-19-20-21-22-23-24-25-26-27-28-29-35-39-47-53-59-74(79)90-69(62-84-71(76)56-50-44-37-34-31-30-32-36-42-48-54-66(3)4)64-88-92(80,81)86-60-68(75)61-87-93(82,83)89-65-70(63-85-72(77)57-51-45-41-40-43-49-55-67(5)6)91-73(78)58-52-46-38-33-18-16-14-12-10-8-2/h66-70,75H,7-65H2,1-6H3,(H,80,81)(H,82,83)/t68-,69-,70-/m1/s1. The molecule has 0 amide bonds. The van der Waals surface area contributed by atoms with Gasteiger partial charge < -0.3 is 33.8 Å². The molecule has 93 heavy (non-hydrogen) atoms. The maximum absolute atomic E-state index is 13.1. The van der Waals surface area contributed by atoms with Crippen LogP contribution in [0.25, 0.3) is 0 Å². The first-order valence-electron chi connectivity index (χ1n) is 38.5. The van der Waals surface area contributed by atoms with Crippen molar-refractivity contribution in [1.82, 2.24) is 0 Å². The largest absolute Gasteiger partial charge is 0.472 e. The summed E-state index contributed by atoms with van der Waals surface area (Å²) in [5, 5.41) is 10.6. The summed E-state index contributed by atoms with van der Waals surface area (Å²) < 4.78 is 68.3. The van der Waals surface area contributed by atoms with E-state index < -0.39 is 97.5 Å². The fraction of sp³-hybridized carbons (Fsp3) is 0.946. The van der Waals surface area contributed by atoms with Crippen LogP contribution in [0.2, 0.25) is 0 Å². The normalized spacial score (nSPS) is 14.1. The molecule has 552 valence electrons. The first-order chi connectivity index (χ1) is 44.9. The molecule has 0 aromatic rings. The third-order valence-corrected chi connectivity index (χ3v) is 19.1. The van der Waals surface area contributed by atoms with Gasteiger partial charge >= 0.3 is 39.5 Å². The van der Waals surface area contributed by atoms with E-state index in [4.69, 9.17) is 37.0 Å². The molecular weight excluding hydrogens is 1220 g/mol. The van der Waals surface area contributed by atoms with Crippen molar-refractivity contribution in [2.45, 2.75) is 400 Å². The topological polar surface area (TPSA) is 237 Å². The van der Waals surface area contributed by atoms with Crippen LogP contribution >= 0.6 is 15.6 Å². The van der Waals surface area contributed by atoms with Crippen LogP contribution in [0.15, 0.2) is 0 Å². The molecule has 0 aliphatic carbocycles. The maximum atomic E-state index is 13.1. The number of hydrogen-bond acceptors (Lipinski definition) is 15. The number of phosphoric ester groups is 2. The first-order valence-corrected chi connectivity index (χ1v) is 41.5. The van der Waals surface area contributed by atoms with Gasteiger partial charge in [0.2, 0.25) is 0 Å². The lowest BCUT2D eigenvalue weighted by Gasteiger charge is -2.21. The van der Waals surface area contributed by atoms with Crippen molar-refractivity contribution in [1.29, 1.82) is 0 Å². The van der Waals surface area contributed by atoms with Crippen LogP contribution in [0.3, 0.4) is 0 Å². The van der Waals surface area contributed by atoms with Crippen molar-refractivity contribution < 1.29 is 80.2 Å². The summed E-state index contributed by atoms with van der Waals surface area (Å²) in [5.74, 6) is -0.684. The number of aliphatic hydroxyl groups excluding tert-OH is 1. The van der Waals surface area contributed by atoms with E-state index in [9.17, 15) is 43.2 Å². The number of esters is 4. The van der Waals surface area contributed by atoms with Crippen LogP contribution in [-0.2, 0) is 65.4 Å². The van der Waals surface area contributed by atoms with Gasteiger partial charge in [0, 0.05) is 25.7 Å². The average molecular weight is 1370 g/mol. The molecule has 0 aromatic heterocycles. The first kappa shape index (κ1) is 91.1. The van der Waals surface area contributed by atoms with Crippen LogP contribution in [0.4, 0.5) is 0 Å². The number of ether oxygens (including phenoxy) is 4. The van der Waals surface area contributed by atoms with Gasteiger partial charge in [-0.25, -0.2) is 9.13 Å². The second kappa shape index (κ2) is 66.0. The Balaban J connectivity index is 5.17. The summed E-state index contributed by atoms with van der Waals surface area (Å²) in [6, 6.07) is 0. The van der Waals surface area contributed by atoms with Gasteiger partial charge in [-0.1, -0.05) is 330 Å². The Morgan fingerprint density at radius 2 is 0.495 bits per heavy atom. The average Bonchev–Trinajstić information content (AvgIpc) is 3.11. The summed E-state index contributed by atoms with van der Waals surface area (Å²) in [7, 11) is -9.90. The molecule has 5 atom stereocenters. The molecule has 0 fully saturated rings. The number of rotatable bonds is 73. The minimum atomic E-state index is -4.95. The van der Waals surface area contributed by atoms with Crippen LogP contribution in [0, 0.1) is 11.8 Å². The SMILES string of the molecule is CCCCCCCCCCCCCCCCCCCCCCCC(=O)O[C@H](COC(=O)CCCCCCCCCCCCC(C)C)COP(=O)(O)OC[C@@H](O)COP(=O)(O)OC[C@@H](COC(=O)CCCCCCCCC(C)C)OC(=O)CCCCCCCCCCCC. The zero-order valence-electron chi connectivity index (χ0n) is 60.6. The molecule has 0 saturated heterocycles. The minimum absolute atomic E-state index is 0.105. The molecule has 0 spiro atoms. The number of aliphatic hydroxyl groups is 1. The van der Waals surface area contributed by atoms with E-state index in [1.54, 1.807) is 0 Å². The van der Waals surface area contributed by atoms with Gasteiger partial charge in [-0.05, 0) is 37.5 Å². The second-order valence-electron chi connectivity index (χ2n) is 27.6. The van der Waals surface area contributed by atoms with Gasteiger partial charge in [0.15, 0.2) is 12.2 Å². The third-order valence-electron chi connectivity index (χ3n) is 17.2. The molecule has 0 radical (unpaired) electrons. The third kappa shape index (κ3) is 68.4. The van der Waals surface area contributed by atoms with Gasteiger partial charge in [-0.15, -0.1) is 0 Å². The lowest BCUT2D eigenvalue weighted by molar-refractivity contribution is -0.161. The molecule has 0 rings (SSSR count). The minimum Gasteiger partial charge on any atom is -0.462 e. The Morgan fingerprint density at radius 3 is 0.731 bits per heavy atom. The summed E-state index contributed by atoms with van der Waals surface area (Å²) in [6.45, 7) is 9.47. The van der Waals surface area contributed by atoms with Crippen molar-refractivity contribution in [2.24, 2.45) is 11.8 Å². The molecule has 0 aliphatic rings. The van der Waals surface area contributed by atoms with E-state index in [-0.39, 0.29) is 25.7 Å². The van der Waals surface area contributed by atoms with Crippen LogP contribution < -0.4 is 0 Å². The Labute approximate surface area is 568 Å². The van der Waals surface area contributed by atoms with E-state index in [0.717, 1.165) is 102 Å². The molecule has 2 unspecified atom stereocenters. The zero-order valence-corrected chi connectivity index (χ0v) is 62.3. The van der Waals surface area contributed by atoms with Crippen LogP contribution in [0.5, 0.6) is 0 Å². The summed E-state index contributed by atoms with van der Waals surface area (Å²) in [5.41, 5.74) is 0. The summed E-state index contributed by atoms with van der Waals surface area (Å²) >= 11 is 0. The quantitative estimate of drug-likeness (QED) is 0.0222. The summed E-state index contributed by atoms with van der Waals surface area (Å²) in [6.07, 6.45) is 53.0. The molecule has 0 aliphatic heterocycles. The Bertz CT molecular complexity index is 1800. The van der Waals surface area contributed by atoms with Gasteiger partial charge in [0.05, 0.1) is 26.4 Å². The maximum Gasteiger partial charge on any atom is 0.472 e. The fourth-order valence-corrected chi connectivity index (χ4v) is 12.9. The molecular formula is C74H144O17P2.